The van der Waals surface area contributed by atoms with Gasteiger partial charge in [-0.05, 0) is 68.3 Å². The second-order valence-electron chi connectivity index (χ2n) is 9.69. The third kappa shape index (κ3) is 11.7. The molecule has 1 rings (SSSR count). The molecule has 1 atom stereocenters. The van der Waals surface area contributed by atoms with Crippen molar-refractivity contribution in [2.75, 3.05) is 19.7 Å². The number of benzene rings is 1. The van der Waals surface area contributed by atoms with Crippen molar-refractivity contribution in [2.24, 2.45) is 0 Å². The lowest BCUT2D eigenvalue weighted by Crippen LogP contribution is -2.22. The van der Waals surface area contributed by atoms with Gasteiger partial charge in [-0.3, -0.25) is 4.79 Å². The highest BCUT2D eigenvalue weighted by atomic mass is 16.5. The number of hydrogen-bond acceptors (Lipinski definition) is 3. The Morgan fingerprint density at radius 1 is 1.03 bits per heavy atom. The van der Waals surface area contributed by atoms with Gasteiger partial charge in [-0.2, -0.15) is 0 Å². The number of Topliss-reactive ketones (excluding diaryl/α,β-unsaturated/α-hetero) is 1. The van der Waals surface area contributed by atoms with Crippen LogP contribution in [0.3, 0.4) is 0 Å². The zero-order valence-corrected chi connectivity index (χ0v) is 22.9. The summed E-state index contributed by atoms with van der Waals surface area (Å²) < 4.78 is 6.31. The topological polar surface area (TPSA) is 38.3 Å². The number of carbonyl (C=O) groups excluding carboxylic acids is 1. The van der Waals surface area contributed by atoms with Crippen LogP contribution < -0.4 is 5.32 Å². The minimum Gasteiger partial charge on any atom is -0.369 e. The van der Waals surface area contributed by atoms with Crippen LogP contribution in [0.15, 0.2) is 84.5 Å². The minimum absolute atomic E-state index is 0.0914. The summed E-state index contributed by atoms with van der Waals surface area (Å²) in [5, 5.41) is 3.45. The number of rotatable bonds is 16. The van der Waals surface area contributed by atoms with Crippen molar-refractivity contribution in [2.45, 2.75) is 78.7 Å². The molecule has 0 fully saturated rings. The van der Waals surface area contributed by atoms with Crippen LogP contribution in [0.4, 0.5) is 0 Å². The molecule has 0 aliphatic carbocycles. The van der Waals surface area contributed by atoms with Gasteiger partial charge in [0.05, 0.1) is 0 Å². The first kappa shape index (κ1) is 30.5. The lowest BCUT2D eigenvalue weighted by atomic mass is 9.86. The van der Waals surface area contributed by atoms with Crippen LogP contribution in [-0.4, -0.2) is 31.6 Å². The summed E-state index contributed by atoms with van der Waals surface area (Å²) in [6, 6.07) is 8.06. The van der Waals surface area contributed by atoms with Gasteiger partial charge in [0.25, 0.3) is 0 Å². The normalized spacial score (nSPS) is 14.1. The third-order valence-electron chi connectivity index (χ3n) is 5.86. The molecule has 1 aromatic carbocycles. The van der Waals surface area contributed by atoms with Gasteiger partial charge in [0.2, 0.25) is 0 Å². The summed E-state index contributed by atoms with van der Waals surface area (Å²) in [6.45, 7) is 18.9. The first-order chi connectivity index (χ1) is 16.8. The summed E-state index contributed by atoms with van der Waals surface area (Å²) in [7, 11) is 0. The molecule has 0 aliphatic rings. The number of ether oxygens (including phenoxy) is 1. The fourth-order valence-corrected chi connectivity index (χ4v) is 3.69. The maximum Gasteiger partial charge on any atom is 0.162 e. The maximum atomic E-state index is 12.5. The molecule has 0 amide bonds. The lowest BCUT2D eigenvalue weighted by molar-refractivity contribution is 0.0976. The summed E-state index contributed by atoms with van der Waals surface area (Å²) in [6.07, 6.45) is 17.5. The fraction of sp³-hybridized carbons (Fsp3) is 0.469. The van der Waals surface area contributed by atoms with Gasteiger partial charge in [0.1, 0.15) is 6.10 Å². The first-order valence-electron chi connectivity index (χ1n) is 13.0. The Bertz CT molecular complexity index is 879. The average Bonchev–Trinajstić information content (AvgIpc) is 2.85. The second-order valence-corrected chi connectivity index (χ2v) is 9.69. The molecule has 192 valence electrons. The molecule has 0 saturated heterocycles. The van der Waals surface area contributed by atoms with Gasteiger partial charge in [0.15, 0.2) is 5.78 Å². The minimum atomic E-state index is -0.0914. The van der Waals surface area contributed by atoms with Crippen molar-refractivity contribution in [3.05, 3.63) is 95.6 Å². The highest BCUT2D eigenvalue weighted by Gasteiger charge is 2.16. The summed E-state index contributed by atoms with van der Waals surface area (Å²) in [5.74, 6) is 0.212. The van der Waals surface area contributed by atoms with Gasteiger partial charge in [-0.1, -0.05) is 101 Å². The fourth-order valence-electron chi connectivity index (χ4n) is 3.69. The molecule has 1 unspecified atom stereocenters. The molecule has 0 bridgehead atoms. The molecule has 0 heterocycles. The van der Waals surface area contributed by atoms with Crippen molar-refractivity contribution in [1.82, 2.24) is 5.32 Å². The highest BCUT2D eigenvalue weighted by Crippen LogP contribution is 2.23. The van der Waals surface area contributed by atoms with Crippen LogP contribution >= 0.6 is 0 Å². The number of carbonyl (C=O) groups is 1. The molecule has 0 saturated carbocycles. The van der Waals surface area contributed by atoms with E-state index in [4.69, 9.17) is 4.74 Å². The van der Waals surface area contributed by atoms with E-state index in [-0.39, 0.29) is 17.3 Å². The van der Waals surface area contributed by atoms with E-state index in [1.54, 1.807) is 6.08 Å². The van der Waals surface area contributed by atoms with E-state index in [2.05, 4.69) is 89.0 Å². The highest BCUT2D eigenvalue weighted by molar-refractivity contribution is 5.96. The second kappa shape index (κ2) is 17.0. The quantitative estimate of drug-likeness (QED) is 0.149. The van der Waals surface area contributed by atoms with E-state index in [0.717, 1.165) is 49.1 Å². The monoisotopic (exact) mass is 477 g/mol. The Balaban J connectivity index is 2.44. The molecule has 3 nitrogen and oxygen atoms in total. The Labute approximate surface area is 214 Å². The van der Waals surface area contributed by atoms with Crippen LogP contribution in [0, 0.1) is 0 Å². The van der Waals surface area contributed by atoms with Crippen molar-refractivity contribution >= 4 is 5.78 Å². The molecular weight excluding hydrogens is 430 g/mol. The smallest absolute Gasteiger partial charge is 0.162 e. The Kier molecular flexibility index (Phi) is 14.9. The van der Waals surface area contributed by atoms with E-state index in [0.29, 0.717) is 13.0 Å². The zero-order valence-electron chi connectivity index (χ0n) is 22.9. The Hall–Kier alpha value is -2.49. The summed E-state index contributed by atoms with van der Waals surface area (Å²) >= 11 is 0. The van der Waals surface area contributed by atoms with Gasteiger partial charge in [-0.15, -0.1) is 0 Å². The van der Waals surface area contributed by atoms with Gasteiger partial charge < -0.3 is 10.1 Å². The Morgan fingerprint density at radius 3 is 2.23 bits per heavy atom. The average molecular weight is 478 g/mol. The van der Waals surface area contributed by atoms with Gasteiger partial charge >= 0.3 is 0 Å². The van der Waals surface area contributed by atoms with E-state index in [1.807, 2.05) is 25.1 Å². The van der Waals surface area contributed by atoms with Crippen molar-refractivity contribution in [1.29, 1.82) is 0 Å². The van der Waals surface area contributed by atoms with E-state index >= 15 is 0 Å². The third-order valence-corrected chi connectivity index (χ3v) is 5.86. The van der Waals surface area contributed by atoms with Gasteiger partial charge in [0, 0.05) is 18.6 Å². The van der Waals surface area contributed by atoms with E-state index in [9.17, 15) is 4.79 Å². The van der Waals surface area contributed by atoms with E-state index < -0.39 is 0 Å². The van der Waals surface area contributed by atoms with Crippen LogP contribution in [0.5, 0.6) is 0 Å². The van der Waals surface area contributed by atoms with Crippen molar-refractivity contribution in [3.8, 4) is 0 Å². The predicted molar refractivity (Wildman–Crippen MR) is 152 cm³/mol. The van der Waals surface area contributed by atoms with Crippen LogP contribution in [0.25, 0.3) is 0 Å². The molecule has 1 aromatic rings. The number of allylic oxidation sites excluding steroid dienone is 5. The molecular formula is C32H47NO2. The molecule has 0 aromatic heterocycles. The SMILES string of the molecule is C=C/C=C\C(=C/C)C(OCCCNCCCC(=O)c1ccc(C(C)(C)C)cc1)C(/C=C\CC)=C/C. The Morgan fingerprint density at radius 2 is 1.66 bits per heavy atom. The molecule has 0 radical (unpaired) electrons. The van der Waals surface area contributed by atoms with Crippen molar-refractivity contribution in [3.63, 3.8) is 0 Å². The first-order valence-corrected chi connectivity index (χ1v) is 13.0. The van der Waals surface area contributed by atoms with Crippen LogP contribution in [0.2, 0.25) is 0 Å². The van der Waals surface area contributed by atoms with Crippen molar-refractivity contribution < 1.29 is 9.53 Å². The molecule has 35 heavy (non-hydrogen) atoms. The van der Waals surface area contributed by atoms with Crippen LogP contribution in [0.1, 0.15) is 83.1 Å². The van der Waals surface area contributed by atoms with Gasteiger partial charge in [-0.25, -0.2) is 0 Å². The number of hydrogen-bond donors (Lipinski definition) is 1. The molecule has 1 N–H and O–H groups in total. The number of ketones is 1. The predicted octanol–water partition coefficient (Wildman–Crippen LogP) is 7.91. The summed E-state index contributed by atoms with van der Waals surface area (Å²) in [4.78, 5) is 12.5. The number of nitrogens with one attached hydrogen (secondary N) is 1. The van der Waals surface area contributed by atoms with E-state index in [1.165, 1.54) is 5.56 Å². The largest absolute Gasteiger partial charge is 0.369 e. The summed E-state index contributed by atoms with van der Waals surface area (Å²) in [5.41, 5.74) is 4.45. The zero-order chi connectivity index (χ0) is 26.1. The standard InChI is InChI=1S/C32H47NO2/c1-8-12-16-26(10-3)31(27(11-4)17-13-9-2)35-25-15-24-33-23-14-18-30(34)28-19-21-29(22-20-28)32(5,6)7/h8,10-13,16-17,19-22,31,33H,1,9,14-15,18,23-25H2,2-7H3/b16-12-,17-13-,26-10+,27-11+. The molecule has 0 aliphatic heterocycles. The lowest BCUT2D eigenvalue weighted by Gasteiger charge is -2.21. The molecule has 0 spiro atoms. The molecule has 3 heteroatoms. The maximum absolute atomic E-state index is 12.5. The van der Waals surface area contributed by atoms with Crippen LogP contribution in [-0.2, 0) is 10.2 Å².